The van der Waals surface area contributed by atoms with Crippen LogP contribution >= 0.6 is 0 Å². The van der Waals surface area contributed by atoms with Crippen LogP contribution in [0.2, 0.25) is 0 Å². The third kappa shape index (κ3) is 4.49. The van der Waals surface area contributed by atoms with E-state index in [1.807, 2.05) is 0 Å². The van der Waals surface area contributed by atoms with Crippen LogP contribution in [0, 0.1) is 5.92 Å². The van der Waals surface area contributed by atoms with E-state index in [4.69, 9.17) is 4.74 Å². The summed E-state index contributed by atoms with van der Waals surface area (Å²) in [4.78, 5) is 11.7. The fourth-order valence-electron chi connectivity index (χ4n) is 1.93. The predicted octanol–water partition coefficient (Wildman–Crippen LogP) is 0.916. The van der Waals surface area contributed by atoms with Crippen molar-refractivity contribution >= 4 is 5.91 Å². The largest absolute Gasteiger partial charge is 0.380 e. The molecule has 4 heteroatoms. The van der Waals surface area contributed by atoms with Gasteiger partial charge in [0.1, 0.15) is 0 Å². The molecule has 1 saturated heterocycles. The normalized spacial score (nSPS) is 25.0. The quantitative estimate of drug-likeness (QED) is 0.665. The molecule has 1 amide bonds. The van der Waals surface area contributed by atoms with E-state index in [1.54, 1.807) is 7.11 Å². The summed E-state index contributed by atoms with van der Waals surface area (Å²) in [6, 6.07) is -0.0657. The average Bonchev–Trinajstić information content (AvgIpc) is 2.72. The molecule has 0 aromatic rings. The SMILES string of the molecule is COC1CNC(C(=O)NCCCC(C)C)C1. The highest BCUT2D eigenvalue weighted by Crippen LogP contribution is 2.09. The third-order valence-corrected chi connectivity index (χ3v) is 3.00. The summed E-state index contributed by atoms with van der Waals surface area (Å²) in [5, 5.41) is 6.14. The molecule has 94 valence electrons. The molecular weight excluding hydrogens is 204 g/mol. The van der Waals surface area contributed by atoms with Crippen LogP contribution in [0.25, 0.3) is 0 Å². The molecule has 0 aromatic carbocycles. The van der Waals surface area contributed by atoms with Gasteiger partial charge >= 0.3 is 0 Å². The van der Waals surface area contributed by atoms with Crippen LogP contribution < -0.4 is 10.6 Å². The Hall–Kier alpha value is -0.610. The maximum Gasteiger partial charge on any atom is 0.237 e. The van der Waals surface area contributed by atoms with Crippen molar-refractivity contribution in [3.8, 4) is 0 Å². The number of ether oxygens (including phenoxy) is 1. The molecule has 2 atom stereocenters. The molecule has 0 aromatic heterocycles. The minimum absolute atomic E-state index is 0.0657. The standard InChI is InChI=1S/C12H24N2O2/c1-9(2)5-4-6-13-12(15)11-7-10(16-3)8-14-11/h9-11,14H,4-8H2,1-3H3,(H,13,15). The van der Waals surface area contributed by atoms with E-state index in [9.17, 15) is 4.79 Å². The van der Waals surface area contributed by atoms with Gasteiger partial charge in [0.05, 0.1) is 12.1 Å². The molecule has 16 heavy (non-hydrogen) atoms. The summed E-state index contributed by atoms with van der Waals surface area (Å²) < 4.78 is 5.21. The lowest BCUT2D eigenvalue weighted by atomic mass is 10.1. The maximum atomic E-state index is 11.7. The Morgan fingerprint density at radius 2 is 2.31 bits per heavy atom. The van der Waals surface area contributed by atoms with Crippen molar-refractivity contribution in [1.29, 1.82) is 0 Å². The number of hydrogen-bond acceptors (Lipinski definition) is 3. The highest BCUT2D eigenvalue weighted by atomic mass is 16.5. The number of rotatable bonds is 6. The van der Waals surface area contributed by atoms with Crippen LogP contribution in [0.15, 0.2) is 0 Å². The molecule has 0 saturated carbocycles. The third-order valence-electron chi connectivity index (χ3n) is 3.00. The minimum atomic E-state index is -0.0657. The summed E-state index contributed by atoms with van der Waals surface area (Å²) in [5.41, 5.74) is 0. The number of nitrogens with one attached hydrogen (secondary N) is 2. The van der Waals surface area contributed by atoms with E-state index in [-0.39, 0.29) is 18.1 Å². The Balaban J connectivity index is 2.11. The van der Waals surface area contributed by atoms with Crippen molar-refractivity contribution in [2.24, 2.45) is 5.92 Å². The Kier molecular flexibility index (Phi) is 5.77. The second-order valence-corrected chi connectivity index (χ2v) is 4.88. The Labute approximate surface area is 98.1 Å². The second kappa shape index (κ2) is 6.86. The highest BCUT2D eigenvalue weighted by molar-refractivity contribution is 5.82. The van der Waals surface area contributed by atoms with Gasteiger partial charge in [-0.15, -0.1) is 0 Å². The van der Waals surface area contributed by atoms with E-state index in [1.165, 1.54) is 6.42 Å². The summed E-state index contributed by atoms with van der Waals surface area (Å²) in [7, 11) is 1.69. The molecular formula is C12H24N2O2. The van der Waals surface area contributed by atoms with Crippen LogP contribution in [0.4, 0.5) is 0 Å². The molecule has 2 N–H and O–H groups in total. The predicted molar refractivity (Wildman–Crippen MR) is 64.3 cm³/mol. The maximum absolute atomic E-state index is 11.7. The van der Waals surface area contributed by atoms with Crippen molar-refractivity contribution in [3.63, 3.8) is 0 Å². The van der Waals surface area contributed by atoms with Gasteiger partial charge in [-0.05, 0) is 25.2 Å². The molecule has 1 aliphatic heterocycles. The first kappa shape index (κ1) is 13.5. The van der Waals surface area contributed by atoms with Gasteiger partial charge in [-0.3, -0.25) is 4.79 Å². The minimum Gasteiger partial charge on any atom is -0.380 e. The molecule has 0 aliphatic carbocycles. The van der Waals surface area contributed by atoms with Gasteiger partial charge in [0, 0.05) is 20.2 Å². The zero-order valence-electron chi connectivity index (χ0n) is 10.6. The van der Waals surface area contributed by atoms with Crippen LogP contribution in [0.1, 0.15) is 33.1 Å². The Morgan fingerprint density at radius 1 is 1.56 bits per heavy atom. The van der Waals surface area contributed by atoms with Crippen molar-refractivity contribution in [2.45, 2.75) is 45.3 Å². The molecule has 0 bridgehead atoms. The molecule has 1 aliphatic rings. The summed E-state index contributed by atoms with van der Waals surface area (Å²) in [6.07, 6.45) is 3.20. The second-order valence-electron chi connectivity index (χ2n) is 4.88. The zero-order chi connectivity index (χ0) is 12.0. The Bertz CT molecular complexity index is 219. The van der Waals surface area contributed by atoms with Gasteiger partial charge < -0.3 is 15.4 Å². The van der Waals surface area contributed by atoms with E-state index in [0.29, 0.717) is 5.92 Å². The lowest BCUT2D eigenvalue weighted by Crippen LogP contribution is -2.40. The summed E-state index contributed by atoms with van der Waals surface area (Å²) >= 11 is 0. The van der Waals surface area contributed by atoms with E-state index < -0.39 is 0 Å². The first-order chi connectivity index (χ1) is 7.63. The lowest BCUT2D eigenvalue weighted by Gasteiger charge is -2.11. The molecule has 0 spiro atoms. The lowest BCUT2D eigenvalue weighted by molar-refractivity contribution is -0.122. The van der Waals surface area contributed by atoms with Gasteiger partial charge in [0.2, 0.25) is 5.91 Å². The van der Waals surface area contributed by atoms with Gasteiger partial charge in [-0.25, -0.2) is 0 Å². The van der Waals surface area contributed by atoms with Crippen molar-refractivity contribution in [1.82, 2.24) is 10.6 Å². The molecule has 1 rings (SSSR count). The van der Waals surface area contributed by atoms with Crippen LogP contribution in [-0.2, 0) is 9.53 Å². The van der Waals surface area contributed by atoms with E-state index in [0.717, 1.165) is 25.9 Å². The average molecular weight is 228 g/mol. The molecule has 0 radical (unpaired) electrons. The molecule has 1 heterocycles. The van der Waals surface area contributed by atoms with Gasteiger partial charge in [-0.1, -0.05) is 13.8 Å². The van der Waals surface area contributed by atoms with Crippen LogP contribution in [-0.4, -0.2) is 38.3 Å². The van der Waals surface area contributed by atoms with Crippen molar-refractivity contribution in [3.05, 3.63) is 0 Å². The van der Waals surface area contributed by atoms with E-state index in [2.05, 4.69) is 24.5 Å². The van der Waals surface area contributed by atoms with Gasteiger partial charge in [0.15, 0.2) is 0 Å². The number of carbonyl (C=O) groups is 1. The van der Waals surface area contributed by atoms with Crippen molar-refractivity contribution < 1.29 is 9.53 Å². The first-order valence-corrected chi connectivity index (χ1v) is 6.17. The van der Waals surface area contributed by atoms with Crippen LogP contribution in [0.5, 0.6) is 0 Å². The first-order valence-electron chi connectivity index (χ1n) is 6.17. The number of amides is 1. The zero-order valence-corrected chi connectivity index (χ0v) is 10.6. The summed E-state index contributed by atoms with van der Waals surface area (Å²) in [5.74, 6) is 0.822. The fraction of sp³-hybridized carbons (Fsp3) is 0.917. The number of carbonyl (C=O) groups excluding carboxylic acids is 1. The van der Waals surface area contributed by atoms with Crippen LogP contribution in [0.3, 0.4) is 0 Å². The highest BCUT2D eigenvalue weighted by Gasteiger charge is 2.28. The fourth-order valence-corrected chi connectivity index (χ4v) is 1.93. The van der Waals surface area contributed by atoms with Gasteiger partial charge in [0.25, 0.3) is 0 Å². The molecule has 1 fully saturated rings. The smallest absolute Gasteiger partial charge is 0.237 e. The molecule has 2 unspecified atom stereocenters. The summed E-state index contributed by atoms with van der Waals surface area (Å²) in [6.45, 7) is 5.96. The Morgan fingerprint density at radius 3 is 2.88 bits per heavy atom. The van der Waals surface area contributed by atoms with E-state index >= 15 is 0 Å². The van der Waals surface area contributed by atoms with Crippen molar-refractivity contribution in [2.75, 3.05) is 20.2 Å². The number of methoxy groups -OCH3 is 1. The monoisotopic (exact) mass is 228 g/mol. The topological polar surface area (TPSA) is 50.4 Å². The number of hydrogen-bond donors (Lipinski definition) is 2. The van der Waals surface area contributed by atoms with Gasteiger partial charge in [-0.2, -0.15) is 0 Å². The molecule has 4 nitrogen and oxygen atoms in total.